The summed E-state index contributed by atoms with van der Waals surface area (Å²) in [5, 5.41) is 20.5. The minimum absolute atomic E-state index is 0.496. The second kappa shape index (κ2) is 5.61. The van der Waals surface area contributed by atoms with E-state index in [-0.39, 0.29) is 0 Å². The molecule has 1 aliphatic carbocycles. The first-order valence-electron chi connectivity index (χ1n) is 9.11. The number of fused-ring (bicyclic) bond motifs is 3. The molecule has 0 spiro atoms. The molecule has 7 heteroatoms. The Hall–Kier alpha value is -2.77. The minimum Gasteiger partial charge on any atom is -0.368 e. The maximum atomic E-state index is 10.9. The van der Waals surface area contributed by atoms with Gasteiger partial charge in [0, 0.05) is 17.3 Å². The highest BCUT2D eigenvalue weighted by Gasteiger charge is 2.33. The van der Waals surface area contributed by atoms with Crippen LogP contribution in [0.5, 0.6) is 0 Å². The van der Waals surface area contributed by atoms with Crippen LogP contribution in [0.3, 0.4) is 0 Å². The van der Waals surface area contributed by atoms with Crippen molar-refractivity contribution in [3.8, 4) is 11.5 Å². The summed E-state index contributed by atoms with van der Waals surface area (Å²) in [5.74, 6) is 1.56. The van der Waals surface area contributed by atoms with Crippen molar-refractivity contribution in [1.82, 2.24) is 19.7 Å². The van der Waals surface area contributed by atoms with Crippen LogP contribution in [0.2, 0.25) is 0 Å². The standard InChI is InChI=1S/C20H17N5OS/c26-20-18-14(13-4-1-2-6-16(13)27-18)10-24(20)17-7-3-5-15(22-17)19-23-21-11-25(19)12-8-9-12/h1-7,11-12,20,26H,8-10H2. The van der Waals surface area contributed by atoms with Crippen LogP contribution < -0.4 is 4.90 Å². The van der Waals surface area contributed by atoms with Crippen LogP contribution in [-0.4, -0.2) is 24.9 Å². The molecule has 4 aromatic rings. The van der Waals surface area contributed by atoms with Gasteiger partial charge in [-0.3, -0.25) is 0 Å². The SMILES string of the molecule is OC1c2sc3ccccc3c2CN1c1cccc(-c2nncn2C2CC2)n1. The maximum absolute atomic E-state index is 10.9. The molecule has 1 fully saturated rings. The summed E-state index contributed by atoms with van der Waals surface area (Å²) in [7, 11) is 0. The van der Waals surface area contributed by atoms with E-state index in [1.54, 1.807) is 17.7 Å². The van der Waals surface area contributed by atoms with E-state index in [2.05, 4.69) is 26.9 Å². The summed E-state index contributed by atoms with van der Waals surface area (Å²) in [6.45, 7) is 0.659. The van der Waals surface area contributed by atoms with Gasteiger partial charge in [0.25, 0.3) is 0 Å². The van der Waals surface area contributed by atoms with Crippen LogP contribution in [0, 0.1) is 0 Å². The third kappa shape index (κ3) is 2.32. The second-order valence-electron chi connectivity index (χ2n) is 7.12. The van der Waals surface area contributed by atoms with Crippen molar-refractivity contribution in [3.63, 3.8) is 0 Å². The van der Waals surface area contributed by atoms with E-state index in [4.69, 9.17) is 4.98 Å². The Kier molecular flexibility index (Phi) is 3.18. The number of hydrogen-bond donors (Lipinski definition) is 1. The van der Waals surface area contributed by atoms with E-state index < -0.39 is 6.23 Å². The van der Waals surface area contributed by atoms with Crippen LogP contribution in [0.15, 0.2) is 48.8 Å². The van der Waals surface area contributed by atoms with E-state index in [9.17, 15) is 5.11 Å². The van der Waals surface area contributed by atoms with Crippen molar-refractivity contribution in [1.29, 1.82) is 0 Å². The average Bonchev–Trinajstić information content (AvgIpc) is 3.18. The van der Waals surface area contributed by atoms with Crippen LogP contribution in [0.1, 0.15) is 35.6 Å². The van der Waals surface area contributed by atoms with Gasteiger partial charge in [0.15, 0.2) is 12.1 Å². The Morgan fingerprint density at radius 1 is 1.07 bits per heavy atom. The first-order valence-corrected chi connectivity index (χ1v) is 9.93. The first kappa shape index (κ1) is 15.3. The van der Waals surface area contributed by atoms with Crippen molar-refractivity contribution in [2.24, 2.45) is 0 Å². The fourth-order valence-electron chi connectivity index (χ4n) is 3.85. The zero-order valence-corrected chi connectivity index (χ0v) is 15.3. The van der Waals surface area contributed by atoms with Gasteiger partial charge in [0.05, 0.1) is 4.88 Å². The summed E-state index contributed by atoms with van der Waals surface area (Å²) in [4.78, 5) is 7.78. The van der Waals surface area contributed by atoms with Crippen LogP contribution in [0.4, 0.5) is 5.82 Å². The van der Waals surface area contributed by atoms with E-state index >= 15 is 0 Å². The number of thiophene rings is 1. The molecule has 0 saturated heterocycles. The van der Waals surface area contributed by atoms with Crippen molar-refractivity contribution >= 4 is 27.2 Å². The largest absolute Gasteiger partial charge is 0.368 e. The van der Waals surface area contributed by atoms with E-state index in [1.807, 2.05) is 35.2 Å². The van der Waals surface area contributed by atoms with Crippen molar-refractivity contribution in [2.75, 3.05) is 4.90 Å². The molecular weight excluding hydrogens is 358 g/mol. The fraction of sp³-hybridized carbons (Fsp3) is 0.250. The number of nitrogens with zero attached hydrogens (tertiary/aromatic N) is 5. The Bertz CT molecular complexity index is 1160. The summed E-state index contributed by atoms with van der Waals surface area (Å²) in [6, 6.07) is 14.7. The van der Waals surface area contributed by atoms with Gasteiger partial charge in [-0.1, -0.05) is 24.3 Å². The monoisotopic (exact) mass is 375 g/mol. The van der Waals surface area contributed by atoms with Crippen molar-refractivity contribution in [2.45, 2.75) is 31.7 Å². The van der Waals surface area contributed by atoms with Gasteiger partial charge in [-0.05, 0) is 42.0 Å². The molecule has 134 valence electrons. The van der Waals surface area contributed by atoms with Gasteiger partial charge >= 0.3 is 0 Å². The molecule has 0 radical (unpaired) electrons. The molecule has 27 heavy (non-hydrogen) atoms. The van der Waals surface area contributed by atoms with Crippen molar-refractivity contribution < 1.29 is 5.11 Å². The molecule has 6 nitrogen and oxygen atoms in total. The molecule has 2 aliphatic rings. The van der Waals surface area contributed by atoms with Crippen LogP contribution in [-0.2, 0) is 6.54 Å². The van der Waals surface area contributed by atoms with Crippen LogP contribution >= 0.6 is 11.3 Å². The van der Waals surface area contributed by atoms with E-state index in [1.165, 1.54) is 28.5 Å². The number of anilines is 1. The highest BCUT2D eigenvalue weighted by atomic mass is 32.1. The van der Waals surface area contributed by atoms with Gasteiger partial charge < -0.3 is 14.6 Å². The lowest BCUT2D eigenvalue weighted by Gasteiger charge is -2.22. The average molecular weight is 375 g/mol. The second-order valence-corrected chi connectivity index (χ2v) is 8.20. The number of rotatable bonds is 3. The van der Waals surface area contributed by atoms with Gasteiger partial charge in [0.1, 0.15) is 17.8 Å². The van der Waals surface area contributed by atoms with Gasteiger partial charge in [0.2, 0.25) is 0 Å². The molecule has 1 saturated carbocycles. The minimum atomic E-state index is -0.665. The summed E-state index contributed by atoms with van der Waals surface area (Å²) >= 11 is 1.66. The van der Waals surface area contributed by atoms with E-state index in [0.29, 0.717) is 12.6 Å². The molecule has 6 rings (SSSR count). The summed E-state index contributed by atoms with van der Waals surface area (Å²) < 4.78 is 3.33. The zero-order valence-electron chi connectivity index (χ0n) is 14.5. The Morgan fingerprint density at radius 3 is 2.85 bits per heavy atom. The lowest BCUT2D eigenvalue weighted by Crippen LogP contribution is -2.22. The Labute approximate surface area is 159 Å². The maximum Gasteiger partial charge on any atom is 0.182 e. The number of aromatic nitrogens is 4. The lowest BCUT2D eigenvalue weighted by atomic mass is 10.1. The molecule has 1 N–H and O–H groups in total. The van der Waals surface area contributed by atoms with Gasteiger partial charge in [-0.25, -0.2) is 4.98 Å². The molecular formula is C20H17N5OS. The van der Waals surface area contributed by atoms with E-state index in [0.717, 1.165) is 22.2 Å². The molecule has 1 aromatic carbocycles. The predicted octanol–water partition coefficient (Wildman–Crippen LogP) is 3.90. The summed E-state index contributed by atoms with van der Waals surface area (Å²) in [5.41, 5.74) is 2.00. The highest BCUT2D eigenvalue weighted by Crippen LogP contribution is 2.44. The molecule has 0 amide bonds. The number of aliphatic hydroxyl groups excluding tert-OH is 1. The summed E-state index contributed by atoms with van der Waals surface area (Å²) in [6.07, 6.45) is 3.46. The smallest absolute Gasteiger partial charge is 0.182 e. The topological polar surface area (TPSA) is 67.1 Å². The zero-order chi connectivity index (χ0) is 18.0. The van der Waals surface area contributed by atoms with Crippen molar-refractivity contribution in [3.05, 3.63) is 59.2 Å². The molecule has 4 heterocycles. The Morgan fingerprint density at radius 2 is 1.96 bits per heavy atom. The predicted molar refractivity (Wildman–Crippen MR) is 104 cm³/mol. The van der Waals surface area contributed by atoms with Crippen LogP contribution in [0.25, 0.3) is 21.6 Å². The first-order chi connectivity index (χ1) is 13.3. The molecule has 1 atom stereocenters. The Balaban J connectivity index is 1.38. The molecule has 1 aliphatic heterocycles. The third-order valence-electron chi connectivity index (χ3n) is 5.36. The number of aliphatic hydroxyl groups is 1. The quantitative estimate of drug-likeness (QED) is 0.588. The lowest BCUT2D eigenvalue weighted by molar-refractivity contribution is 0.184. The number of hydrogen-bond acceptors (Lipinski definition) is 6. The number of benzene rings is 1. The van der Waals surface area contributed by atoms with Gasteiger partial charge in [-0.15, -0.1) is 21.5 Å². The van der Waals surface area contributed by atoms with Gasteiger partial charge in [-0.2, -0.15) is 0 Å². The third-order valence-corrected chi connectivity index (χ3v) is 6.61. The number of pyridine rings is 1. The molecule has 1 unspecified atom stereocenters. The normalized spacial score (nSPS) is 19.0. The fourth-order valence-corrected chi connectivity index (χ4v) is 5.06. The highest BCUT2D eigenvalue weighted by molar-refractivity contribution is 7.19. The molecule has 3 aromatic heterocycles. The molecule has 0 bridgehead atoms.